The molecule has 0 saturated carbocycles. The minimum Gasteiger partial charge on any atom is -0.357 e. The van der Waals surface area contributed by atoms with Crippen LogP contribution in [0.25, 0.3) is 0 Å². The number of aliphatic imine (C=N–C) groups is 1. The highest BCUT2D eigenvalue weighted by molar-refractivity contribution is 7.89. The van der Waals surface area contributed by atoms with Crippen molar-refractivity contribution in [1.82, 2.24) is 20.3 Å². The third-order valence-corrected chi connectivity index (χ3v) is 5.46. The fourth-order valence-corrected chi connectivity index (χ4v) is 3.34. The Labute approximate surface area is 141 Å². The number of rotatable bonds is 10. The third kappa shape index (κ3) is 7.99. The fraction of sp³-hybridized carbons (Fsp3) is 0.933. The zero-order chi connectivity index (χ0) is 17.1. The van der Waals surface area contributed by atoms with Gasteiger partial charge < -0.3 is 10.6 Å². The second-order valence-corrected chi connectivity index (χ2v) is 7.82. The van der Waals surface area contributed by atoms with Gasteiger partial charge in [-0.3, -0.25) is 9.89 Å². The predicted octanol–water partition coefficient (Wildman–Crippen LogP) is 0.355. The molecule has 8 heteroatoms. The van der Waals surface area contributed by atoms with Crippen LogP contribution in [0.5, 0.6) is 0 Å². The topological polar surface area (TPSA) is 85.8 Å². The maximum atomic E-state index is 11.3. The highest BCUT2D eigenvalue weighted by atomic mass is 32.2. The number of sulfonamides is 1. The van der Waals surface area contributed by atoms with Gasteiger partial charge in [0.1, 0.15) is 0 Å². The van der Waals surface area contributed by atoms with Crippen molar-refractivity contribution in [2.75, 3.05) is 45.0 Å². The average Bonchev–Trinajstić information content (AvgIpc) is 2.99. The summed E-state index contributed by atoms with van der Waals surface area (Å²) in [4.78, 5) is 7.15. The number of likely N-dealkylation sites (tertiary alicyclic amines) is 1. The minimum absolute atomic E-state index is 0.125. The Kier molecular flexibility index (Phi) is 9.50. The molecule has 0 aromatic heterocycles. The second kappa shape index (κ2) is 10.8. The van der Waals surface area contributed by atoms with Crippen molar-refractivity contribution in [2.45, 2.75) is 46.1 Å². The van der Waals surface area contributed by atoms with Crippen molar-refractivity contribution in [3.63, 3.8) is 0 Å². The van der Waals surface area contributed by atoms with Crippen LogP contribution in [-0.2, 0) is 10.0 Å². The van der Waals surface area contributed by atoms with Crippen LogP contribution in [-0.4, -0.2) is 70.3 Å². The monoisotopic (exact) mass is 347 g/mol. The first-order valence-electron chi connectivity index (χ1n) is 8.76. The highest BCUT2D eigenvalue weighted by Crippen LogP contribution is 2.16. The number of hydrogen-bond donors (Lipinski definition) is 3. The molecule has 1 fully saturated rings. The molecule has 0 radical (unpaired) electrons. The van der Waals surface area contributed by atoms with Gasteiger partial charge in [0.2, 0.25) is 10.0 Å². The summed E-state index contributed by atoms with van der Waals surface area (Å²) in [7, 11) is -3.09. The summed E-state index contributed by atoms with van der Waals surface area (Å²) >= 11 is 0. The van der Waals surface area contributed by atoms with Crippen molar-refractivity contribution in [2.24, 2.45) is 4.99 Å². The van der Waals surface area contributed by atoms with Crippen molar-refractivity contribution in [1.29, 1.82) is 0 Å². The maximum Gasteiger partial charge on any atom is 0.211 e. The Balaban J connectivity index is 2.32. The molecule has 1 rings (SSSR count). The quantitative estimate of drug-likeness (QED) is 0.302. The van der Waals surface area contributed by atoms with Crippen LogP contribution in [0.4, 0.5) is 0 Å². The van der Waals surface area contributed by atoms with E-state index >= 15 is 0 Å². The predicted molar refractivity (Wildman–Crippen MR) is 96.3 cm³/mol. The van der Waals surface area contributed by atoms with Crippen molar-refractivity contribution < 1.29 is 8.42 Å². The first-order valence-corrected chi connectivity index (χ1v) is 10.4. The summed E-state index contributed by atoms with van der Waals surface area (Å²) in [6.45, 7) is 10.9. The molecule has 0 aromatic carbocycles. The van der Waals surface area contributed by atoms with Crippen LogP contribution in [0, 0.1) is 0 Å². The zero-order valence-electron chi connectivity index (χ0n) is 14.8. The summed E-state index contributed by atoms with van der Waals surface area (Å²) < 4.78 is 25.2. The lowest BCUT2D eigenvalue weighted by Crippen LogP contribution is -2.40. The summed E-state index contributed by atoms with van der Waals surface area (Å²) in [6, 6.07) is 0.548. The van der Waals surface area contributed by atoms with E-state index in [4.69, 9.17) is 0 Å². The third-order valence-electron chi connectivity index (χ3n) is 4.06. The van der Waals surface area contributed by atoms with E-state index in [0.29, 0.717) is 19.1 Å². The Morgan fingerprint density at radius 1 is 1.22 bits per heavy atom. The van der Waals surface area contributed by atoms with Gasteiger partial charge in [-0.05, 0) is 46.2 Å². The molecule has 0 aromatic rings. The Bertz CT molecular complexity index is 453. The molecule has 1 aliphatic heterocycles. The number of likely N-dealkylation sites (N-methyl/N-ethyl adjacent to an activating group) is 1. The lowest BCUT2D eigenvalue weighted by atomic mass is 10.2. The minimum atomic E-state index is -3.09. The van der Waals surface area contributed by atoms with Crippen LogP contribution >= 0.6 is 0 Å². The molecule has 1 atom stereocenters. The van der Waals surface area contributed by atoms with E-state index in [1.807, 2.05) is 6.92 Å². The molecule has 1 heterocycles. The molecular weight excluding hydrogens is 314 g/mol. The lowest BCUT2D eigenvalue weighted by molar-refractivity contribution is 0.273. The van der Waals surface area contributed by atoms with Gasteiger partial charge in [0.05, 0.1) is 12.3 Å². The standard InChI is InChI=1S/C15H33N5O2S/c1-4-16-15(17-10-8-11-19-23(21,22)6-3)18-13-14-9-7-12-20(14)5-2/h14,19H,4-13H2,1-3H3,(H2,16,17,18). The molecule has 23 heavy (non-hydrogen) atoms. The van der Waals surface area contributed by atoms with Gasteiger partial charge in [-0.2, -0.15) is 0 Å². The summed E-state index contributed by atoms with van der Waals surface area (Å²) in [5, 5.41) is 6.51. The van der Waals surface area contributed by atoms with E-state index in [2.05, 4.69) is 32.2 Å². The van der Waals surface area contributed by atoms with Gasteiger partial charge in [-0.1, -0.05) is 6.92 Å². The molecule has 7 nitrogen and oxygen atoms in total. The van der Waals surface area contributed by atoms with Crippen molar-refractivity contribution >= 4 is 16.0 Å². The summed E-state index contributed by atoms with van der Waals surface area (Å²) in [5.41, 5.74) is 0. The van der Waals surface area contributed by atoms with E-state index in [-0.39, 0.29) is 5.75 Å². The van der Waals surface area contributed by atoms with E-state index in [1.54, 1.807) is 6.92 Å². The number of nitrogens with zero attached hydrogens (tertiary/aromatic N) is 2. The number of nitrogens with one attached hydrogen (secondary N) is 3. The largest absolute Gasteiger partial charge is 0.357 e. The van der Waals surface area contributed by atoms with Gasteiger partial charge in [-0.25, -0.2) is 13.1 Å². The summed E-state index contributed by atoms with van der Waals surface area (Å²) in [5.74, 6) is 0.939. The smallest absolute Gasteiger partial charge is 0.211 e. The number of hydrogen-bond acceptors (Lipinski definition) is 4. The first-order chi connectivity index (χ1) is 11.0. The average molecular weight is 348 g/mol. The number of guanidine groups is 1. The SMILES string of the molecule is CCNC(=NCC1CCCN1CC)NCCCNS(=O)(=O)CC. The molecule has 0 amide bonds. The van der Waals surface area contributed by atoms with Crippen LogP contribution in [0.15, 0.2) is 4.99 Å². The van der Waals surface area contributed by atoms with Gasteiger partial charge in [0.25, 0.3) is 0 Å². The van der Waals surface area contributed by atoms with Crippen LogP contribution < -0.4 is 15.4 Å². The van der Waals surface area contributed by atoms with Crippen LogP contribution in [0.1, 0.15) is 40.0 Å². The first kappa shape index (κ1) is 20.2. The van der Waals surface area contributed by atoms with E-state index in [1.165, 1.54) is 19.4 Å². The lowest BCUT2D eigenvalue weighted by Gasteiger charge is -2.21. The van der Waals surface area contributed by atoms with E-state index in [9.17, 15) is 8.42 Å². The molecule has 0 spiro atoms. The van der Waals surface area contributed by atoms with Gasteiger partial charge >= 0.3 is 0 Å². The highest BCUT2D eigenvalue weighted by Gasteiger charge is 2.22. The molecule has 1 aliphatic rings. The molecule has 0 bridgehead atoms. The van der Waals surface area contributed by atoms with Crippen molar-refractivity contribution in [3.8, 4) is 0 Å². The normalized spacial score (nSPS) is 20.0. The van der Waals surface area contributed by atoms with Gasteiger partial charge in [0.15, 0.2) is 5.96 Å². The Morgan fingerprint density at radius 2 is 2.00 bits per heavy atom. The summed E-state index contributed by atoms with van der Waals surface area (Å²) in [6.07, 6.45) is 3.21. The zero-order valence-corrected chi connectivity index (χ0v) is 15.6. The van der Waals surface area contributed by atoms with Gasteiger partial charge in [-0.15, -0.1) is 0 Å². The Hall–Kier alpha value is -0.860. The Morgan fingerprint density at radius 3 is 2.65 bits per heavy atom. The molecule has 3 N–H and O–H groups in total. The van der Waals surface area contributed by atoms with E-state index < -0.39 is 10.0 Å². The van der Waals surface area contributed by atoms with Gasteiger partial charge in [0, 0.05) is 25.7 Å². The van der Waals surface area contributed by atoms with Crippen LogP contribution in [0.2, 0.25) is 0 Å². The maximum absolute atomic E-state index is 11.3. The van der Waals surface area contributed by atoms with Crippen molar-refractivity contribution in [3.05, 3.63) is 0 Å². The second-order valence-electron chi connectivity index (χ2n) is 5.72. The molecular formula is C15H33N5O2S. The molecule has 1 saturated heterocycles. The van der Waals surface area contributed by atoms with E-state index in [0.717, 1.165) is 32.0 Å². The molecule has 136 valence electrons. The molecule has 0 aliphatic carbocycles. The van der Waals surface area contributed by atoms with Crippen LogP contribution in [0.3, 0.4) is 0 Å². The molecule has 1 unspecified atom stereocenters. The fourth-order valence-electron chi connectivity index (χ4n) is 2.68.